The molecule has 2 atom stereocenters. The third kappa shape index (κ3) is 2.80. The number of nitrogens with zero attached hydrogens (tertiary/aromatic N) is 1. The number of halogens is 4. The summed E-state index contributed by atoms with van der Waals surface area (Å²) in [6.07, 6.45) is 2.36. The number of amides is 1. The molecule has 2 unspecified atom stereocenters. The van der Waals surface area contributed by atoms with E-state index in [1.165, 1.54) is 19.1 Å². The van der Waals surface area contributed by atoms with E-state index in [-0.39, 0.29) is 29.6 Å². The lowest BCUT2D eigenvalue weighted by Gasteiger charge is -2.35. The van der Waals surface area contributed by atoms with E-state index in [0.717, 1.165) is 11.1 Å². The molecule has 0 radical (unpaired) electrons. The van der Waals surface area contributed by atoms with Crippen LogP contribution in [0.2, 0.25) is 10.0 Å². The largest absolute Gasteiger partial charge is 0.329 e. The minimum absolute atomic E-state index is 0.124. The van der Waals surface area contributed by atoms with Gasteiger partial charge >= 0.3 is 0 Å². The first kappa shape index (κ1) is 17.7. The van der Waals surface area contributed by atoms with Crippen LogP contribution >= 0.6 is 23.2 Å². The van der Waals surface area contributed by atoms with E-state index in [0.29, 0.717) is 46.9 Å². The molecule has 2 aliphatic carbocycles. The third-order valence-electron chi connectivity index (χ3n) is 5.48. The van der Waals surface area contributed by atoms with Gasteiger partial charge in [-0.05, 0) is 72.2 Å². The van der Waals surface area contributed by atoms with E-state index < -0.39 is 0 Å². The Morgan fingerprint density at radius 2 is 1.35 bits per heavy atom. The molecular formula is C20H17Cl2F2NO. The fourth-order valence-corrected chi connectivity index (χ4v) is 4.90. The van der Waals surface area contributed by atoms with Crippen LogP contribution in [0.4, 0.5) is 8.78 Å². The van der Waals surface area contributed by atoms with E-state index in [2.05, 4.69) is 0 Å². The van der Waals surface area contributed by atoms with Crippen LogP contribution in [0.5, 0.6) is 0 Å². The number of hydrogen-bond acceptors (Lipinski definition) is 1. The lowest BCUT2D eigenvalue weighted by Crippen LogP contribution is -2.35. The molecule has 0 N–H and O–H groups in total. The molecule has 136 valence electrons. The van der Waals surface area contributed by atoms with E-state index in [4.69, 9.17) is 23.2 Å². The van der Waals surface area contributed by atoms with Crippen LogP contribution < -0.4 is 0 Å². The summed E-state index contributed by atoms with van der Waals surface area (Å²) in [7, 11) is 0. The Morgan fingerprint density at radius 1 is 0.923 bits per heavy atom. The van der Waals surface area contributed by atoms with Gasteiger partial charge in [-0.2, -0.15) is 0 Å². The predicted octanol–water partition coefficient (Wildman–Crippen LogP) is 5.79. The Balaban J connectivity index is 1.79. The molecule has 26 heavy (non-hydrogen) atoms. The highest BCUT2D eigenvalue weighted by Gasteiger charge is 2.39. The van der Waals surface area contributed by atoms with Gasteiger partial charge in [0.1, 0.15) is 11.6 Å². The minimum Gasteiger partial charge on any atom is -0.329 e. The molecule has 0 spiro atoms. The summed E-state index contributed by atoms with van der Waals surface area (Å²) in [4.78, 5) is 14.3. The SMILES string of the molecule is CC(=O)N(C1CCc2c(F)cc(Cl)cc21)C1CCc2c(F)cc(Cl)cc21. The van der Waals surface area contributed by atoms with Crippen LogP contribution in [0.25, 0.3) is 0 Å². The van der Waals surface area contributed by atoms with E-state index >= 15 is 0 Å². The van der Waals surface area contributed by atoms with Crippen molar-refractivity contribution in [1.29, 1.82) is 0 Å². The number of carbonyl (C=O) groups is 1. The second kappa shape index (κ2) is 6.50. The highest BCUT2D eigenvalue weighted by atomic mass is 35.5. The quantitative estimate of drug-likeness (QED) is 0.629. The van der Waals surface area contributed by atoms with Crippen LogP contribution in [0.15, 0.2) is 24.3 Å². The summed E-state index contributed by atoms with van der Waals surface area (Å²) in [6.45, 7) is 1.50. The van der Waals surface area contributed by atoms with Crippen molar-refractivity contribution in [2.45, 2.75) is 44.7 Å². The van der Waals surface area contributed by atoms with Gasteiger partial charge in [-0.25, -0.2) is 8.78 Å². The van der Waals surface area contributed by atoms with Gasteiger partial charge in [-0.1, -0.05) is 23.2 Å². The molecule has 0 bridgehead atoms. The van der Waals surface area contributed by atoms with Crippen LogP contribution in [0.1, 0.15) is 54.1 Å². The second-order valence-corrected chi connectivity index (χ2v) is 7.82. The van der Waals surface area contributed by atoms with Crippen LogP contribution in [0.3, 0.4) is 0 Å². The topological polar surface area (TPSA) is 20.3 Å². The predicted molar refractivity (Wildman–Crippen MR) is 97.5 cm³/mol. The molecule has 2 nitrogen and oxygen atoms in total. The van der Waals surface area contributed by atoms with Gasteiger partial charge in [0.05, 0.1) is 12.1 Å². The fraction of sp³-hybridized carbons (Fsp3) is 0.350. The molecule has 0 saturated carbocycles. The van der Waals surface area contributed by atoms with Crippen LogP contribution in [-0.2, 0) is 17.6 Å². The van der Waals surface area contributed by atoms with Crippen molar-refractivity contribution in [2.24, 2.45) is 0 Å². The van der Waals surface area contributed by atoms with Gasteiger partial charge in [0.2, 0.25) is 5.91 Å². The van der Waals surface area contributed by atoms with Gasteiger partial charge in [0.25, 0.3) is 0 Å². The normalized spacial score (nSPS) is 20.8. The molecule has 2 aliphatic rings. The molecule has 0 fully saturated rings. The molecule has 0 saturated heterocycles. The van der Waals surface area contributed by atoms with E-state index in [9.17, 15) is 13.6 Å². The standard InChI is InChI=1S/C20H17Cl2F2NO/c1-10(26)25(19-4-2-13-15(19)6-11(21)8-17(13)23)20-5-3-14-16(20)7-12(22)9-18(14)24/h6-9,19-20H,2-5H2,1H3. The Morgan fingerprint density at radius 3 is 1.73 bits per heavy atom. The molecule has 0 aliphatic heterocycles. The Labute approximate surface area is 160 Å². The molecule has 2 aromatic carbocycles. The molecule has 4 rings (SSSR count). The van der Waals surface area contributed by atoms with Crippen LogP contribution in [0, 0.1) is 11.6 Å². The zero-order valence-corrected chi connectivity index (χ0v) is 15.7. The molecule has 1 amide bonds. The number of hydrogen-bond donors (Lipinski definition) is 0. The third-order valence-corrected chi connectivity index (χ3v) is 5.91. The maximum atomic E-state index is 14.3. The summed E-state index contributed by atoms with van der Waals surface area (Å²) >= 11 is 12.1. The van der Waals surface area contributed by atoms with Crippen molar-refractivity contribution in [2.75, 3.05) is 0 Å². The monoisotopic (exact) mass is 395 g/mol. The highest BCUT2D eigenvalue weighted by Crippen LogP contribution is 2.46. The zero-order valence-electron chi connectivity index (χ0n) is 14.2. The van der Waals surface area contributed by atoms with Crippen molar-refractivity contribution >= 4 is 29.1 Å². The van der Waals surface area contributed by atoms with E-state index in [1.54, 1.807) is 17.0 Å². The molecule has 0 heterocycles. The average molecular weight is 396 g/mol. The van der Waals surface area contributed by atoms with Crippen molar-refractivity contribution in [3.8, 4) is 0 Å². The summed E-state index contributed by atoms with van der Waals surface area (Å²) < 4.78 is 28.5. The van der Waals surface area contributed by atoms with Crippen molar-refractivity contribution in [3.63, 3.8) is 0 Å². The van der Waals surface area contributed by atoms with Gasteiger partial charge in [-0.15, -0.1) is 0 Å². The Hall–Kier alpha value is -1.65. The summed E-state index contributed by atoms with van der Waals surface area (Å²) in [5.41, 5.74) is 2.73. The average Bonchev–Trinajstić information content (AvgIpc) is 3.13. The van der Waals surface area contributed by atoms with Gasteiger partial charge in [-0.3, -0.25) is 4.79 Å². The molecule has 2 aromatic rings. The maximum Gasteiger partial charge on any atom is 0.220 e. The minimum atomic E-state index is -0.334. The summed E-state index contributed by atoms with van der Waals surface area (Å²) in [5.74, 6) is -0.791. The van der Waals surface area contributed by atoms with Gasteiger partial charge in [0.15, 0.2) is 0 Å². The lowest BCUT2D eigenvalue weighted by atomic mass is 10.0. The maximum absolute atomic E-state index is 14.3. The van der Waals surface area contributed by atoms with Crippen molar-refractivity contribution < 1.29 is 13.6 Å². The highest BCUT2D eigenvalue weighted by molar-refractivity contribution is 6.31. The fourth-order valence-electron chi connectivity index (χ4n) is 4.48. The summed E-state index contributed by atoms with van der Waals surface area (Å²) in [6, 6.07) is 5.55. The number of fused-ring (bicyclic) bond motifs is 2. The Kier molecular flexibility index (Phi) is 4.44. The van der Waals surface area contributed by atoms with Gasteiger partial charge in [0, 0.05) is 17.0 Å². The lowest BCUT2D eigenvalue weighted by molar-refractivity contribution is -0.134. The molecule has 0 aromatic heterocycles. The molecule has 6 heteroatoms. The molecular weight excluding hydrogens is 379 g/mol. The number of rotatable bonds is 2. The van der Waals surface area contributed by atoms with Crippen LogP contribution in [-0.4, -0.2) is 10.8 Å². The number of carbonyl (C=O) groups excluding carboxylic acids is 1. The first-order valence-corrected chi connectivity index (χ1v) is 9.37. The first-order valence-electron chi connectivity index (χ1n) is 8.61. The van der Waals surface area contributed by atoms with Crippen molar-refractivity contribution in [1.82, 2.24) is 4.90 Å². The van der Waals surface area contributed by atoms with Crippen molar-refractivity contribution in [3.05, 3.63) is 68.2 Å². The van der Waals surface area contributed by atoms with Gasteiger partial charge < -0.3 is 4.90 Å². The first-order chi connectivity index (χ1) is 12.4. The Bertz CT molecular complexity index is 848. The summed E-state index contributed by atoms with van der Waals surface area (Å²) in [5, 5.41) is 0.634. The van der Waals surface area contributed by atoms with E-state index in [1.807, 2.05) is 0 Å². The smallest absolute Gasteiger partial charge is 0.220 e. The second-order valence-electron chi connectivity index (χ2n) is 6.95. The number of benzene rings is 2. The zero-order chi connectivity index (χ0) is 18.6.